The Morgan fingerprint density at radius 2 is 2.08 bits per heavy atom. The number of likely N-dealkylation sites (N-methyl/N-ethyl adjacent to an activating group) is 1. The zero-order valence-corrected chi connectivity index (χ0v) is 14.9. The monoisotopic (exact) mass is 352 g/mol. The number of rotatable bonds is 9. The highest BCUT2D eigenvalue weighted by molar-refractivity contribution is 5.96. The van der Waals surface area contributed by atoms with Crippen LogP contribution < -0.4 is 15.4 Å². The number of hydrogen-bond acceptors (Lipinski definition) is 6. The normalized spacial score (nSPS) is 11.7. The van der Waals surface area contributed by atoms with Gasteiger partial charge in [-0.05, 0) is 26.5 Å². The van der Waals surface area contributed by atoms with Crippen LogP contribution in [0.1, 0.15) is 20.3 Å². The van der Waals surface area contributed by atoms with Crippen molar-refractivity contribution in [3.8, 4) is 5.75 Å². The van der Waals surface area contributed by atoms with Crippen molar-refractivity contribution in [1.29, 1.82) is 0 Å². The van der Waals surface area contributed by atoms with Crippen LogP contribution in [0.25, 0.3) is 0 Å². The van der Waals surface area contributed by atoms with Gasteiger partial charge < -0.3 is 15.4 Å². The van der Waals surface area contributed by atoms with Crippen LogP contribution in [0.5, 0.6) is 5.75 Å². The Kier molecular flexibility index (Phi) is 7.80. The van der Waals surface area contributed by atoms with E-state index in [4.69, 9.17) is 4.74 Å². The molecule has 1 atom stereocenters. The standard InChI is InChI=1S/C16H24N4O5/c1-5-8-17-15(21)10-19(3)11(2)16(22)18-13-9-12(20(23)24)6-7-14(13)25-4/h6-7,9,11H,5,8,10H2,1-4H3,(H,17,21)(H,18,22)/t11-/m1/s1. The molecular weight excluding hydrogens is 328 g/mol. The van der Waals surface area contributed by atoms with Crippen molar-refractivity contribution in [3.05, 3.63) is 28.3 Å². The van der Waals surface area contributed by atoms with Gasteiger partial charge in [0.2, 0.25) is 11.8 Å². The number of nitrogens with one attached hydrogen (secondary N) is 2. The lowest BCUT2D eigenvalue weighted by Gasteiger charge is -2.23. The molecule has 0 bridgehead atoms. The number of carbonyl (C=O) groups is 2. The molecule has 0 aromatic heterocycles. The van der Waals surface area contributed by atoms with Crippen LogP contribution in [-0.4, -0.2) is 54.9 Å². The van der Waals surface area contributed by atoms with Crippen LogP contribution in [0, 0.1) is 10.1 Å². The summed E-state index contributed by atoms with van der Waals surface area (Å²) in [6.07, 6.45) is 0.831. The Labute approximate surface area is 146 Å². The minimum Gasteiger partial charge on any atom is -0.495 e. The number of benzene rings is 1. The maximum atomic E-state index is 12.4. The van der Waals surface area contributed by atoms with Crippen molar-refractivity contribution < 1.29 is 19.2 Å². The average molecular weight is 352 g/mol. The molecule has 1 aromatic rings. The number of non-ortho nitro benzene ring substituents is 1. The van der Waals surface area contributed by atoms with E-state index in [0.29, 0.717) is 12.3 Å². The van der Waals surface area contributed by atoms with Crippen LogP contribution in [0.4, 0.5) is 11.4 Å². The summed E-state index contributed by atoms with van der Waals surface area (Å²) < 4.78 is 5.11. The predicted octanol–water partition coefficient (Wildman–Crippen LogP) is 1.39. The highest BCUT2D eigenvalue weighted by Crippen LogP contribution is 2.29. The van der Waals surface area contributed by atoms with E-state index in [-0.39, 0.29) is 23.8 Å². The largest absolute Gasteiger partial charge is 0.495 e. The Morgan fingerprint density at radius 1 is 1.40 bits per heavy atom. The molecule has 2 amide bonds. The maximum Gasteiger partial charge on any atom is 0.271 e. The molecule has 9 heteroatoms. The van der Waals surface area contributed by atoms with Gasteiger partial charge in [-0.25, -0.2) is 0 Å². The van der Waals surface area contributed by atoms with Gasteiger partial charge in [0.15, 0.2) is 0 Å². The topological polar surface area (TPSA) is 114 Å². The van der Waals surface area contributed by atoms with Gasteiger partial charge in [-0.15, -0.1) is 0 Å². The van der Waals surface area contributed by atoms with Gasteiger partial charge in [0.25, 0.3) is 5.69 Å². The molecule has 0 aliphatic carbocycles. The Morgan fingerprint density at radius 3 is 2.64 bits per heavy atom. The summed E-state index contributed by atoms with van der Waals surface area (Å²) in [5, 5.41) is 16.2. The molecule has 0 radical (unpaired) electrons. The highest BCUT2D eigenvalue weighted by Gasteiger charge is 2.22. The van der Waals surface area contributed by atoms with Crippen LogP contribution in [-0.2, 0) is 9.59 Å². The first-order valence-electron chi connectivity index (χ1n) is 7.90. The number of methoxy groups -OCH3 is 1. The molecule has 138 valence electrons. The molecule has 1 aromatic carbocycles. The lowest BCUT2D eigenvalue weighted by molar-refractivity contribution is -0.384. The summed E-state index contributed by atoms with van der Waals surface area (Å²) >= 11 is 0. The number of carbonyl (C=O) groups excluding carboxylic acids is 2. The van der Waals surface area contributed by atoms with E-state index in [2.05, 4.69) is 10.6 Å². The first-order chi connectivity index (χ1) is 11.8. The van der Waals surface area contributed by atoms with E-state index in [1.54, 1.807) is 18.9 Å². The fourth-order valence-electron chi connectivity index (χ4n) is 2.03. The van der Waals surface area contributed by atoms with Gasteiger partial charge in [0, 0.05) is 18.7 Å². The van der Waals surface area contributed by atoms with E-state index >= 15 is 0 Å². The van der Waals surface area contributed by atoms with Crippen molar-refractivity contribution >= 4 is 23.2 Å². The van der Waals surface area contributed by atoms with E-state index < -0.39 is 16.9 Å². The third-order valence-corrected chi connectivity index (χ3v) is 3.66. The summed E-state index contributed by atoms with van der Waals surface area (Å²) in [7, 11) is 3.06. The molecular formula is C16H24N4O5. The third-order valence-electron chi connectivity index (χ3n) is 3.66. The average Bonchev–Trinajstić information content (AvgIpc) is 2.58. The Bertz CT molecular complexity index is 635. The smallest absolute Gasteiger partial charge is 0.271 e. The number of ether oxygens (including phenoxy) is 1. The minimum atomic E-state index is -0.614. The fraction of sp³-hybridized carbons (Fsp3) is 0.500. The molecule has 1 rings (SSSR count). The quantitative estimate of drug-likeness (QED) is 0.513. The molecule has 0 spiro atoms. The van der Waals surface area contributed by atoms with Crippen molar-refractivity contribution in [2.45, 2.75) is 26.3 Å². The first-order valence-corrected chi connectivity index (χ1v) is 7.90. The number of anilines is 1. The number of hydrogen-bond donors (Lipinski definition) is 2. The third kappa shape index (κ3) is 6.03. The second kappa shape index (κ2) is 9.58. The molecule has 0 saturated carbocycles. The zero-order chi connectivity index (χ0) is 19.0. The molecule has 0 fully saturated rings. The van der Waals surface area contributed by atoms with E-state index in [9.17, 15) is 19.7 Å². The van der Waals surface area contributed by atoms with Crippen LogP contribution in [0.3, 0.4) is 0 Å². The van der Waals surface area contributed by atoms with Gasteiger partial charge in [-0.2, -0.15) is 0 Å². The molecule has 0 saturated heterocycles. The molecule has 25 heavy (non-hydrogen) atoms. The SMILES string of the molecule is CCCNC(=O)CN(C)[C@H](C)C(=O)Nc1cc([N+](=O)[O-])ccc1OC. The zero-order valence-electron chi connectivity index (χ0n) is 14.9. The van der Waals surface area contributed by atoms with Gasteiger partial charge in [0.1, 0.15) is 5.75 Å². The number of nitro benzene ring substituents is 1. The summed E-state index contributed by atoms with van der Waals surface area (Å²) in [6.45, 7) is 4.25. The Hall–Kier alpha value is -2.68. The van der Waals surface area contributed by atoms with Crippen molar-refractivity contribution in [2.75, 3.05) is 32.6 Å². The van der Waals surface area contributed by atoms with Crippen molar-refractivity contribution in [1.82, 2.24) is 10.2 Å². The number of nitrogens with zero attached hydrogens (tertiary/aromatic N) is 2. The fourth-order valence-corrected chi connectivity index (χ4v) is 2.03. The lowest BCUT2D eigenvalue weighted by atomic mass is 10.2. The number of nitro groups is 1. The van der Waals surface area contributed by atoms with E-state index in [0.717, 1.165) is 6.42 Å². The minimum absolute atomic E-state index is 0.0701. The van der Waals surface area contributed by atoms with E-state index in [1.807, 2.05) is 6.92 Å². The summed E-state index contributed by atoms with van der Waals surface area (Å²) in [5.74, 6) is -0.254. The summed E-state index contributed by atoms with van der Waals surface area (Å²) in [4.78, 5) is 36.0. The molecule has 9 nitrogen and oxygen atoms in total. The molecule has 0 aliphatic rings. The molecule has 0 unspecified atom stereocenters. The maximum absolute atomic E-state index is 12.4. The van der Waals surface area contributed by atoms with Crippen LogP contribution in [0.15, 0.2) is 18.2 Å². The molecule has 0 heterocycles. The first kappa shape index (κ1) is 20.4. The van der Waals surface area contributed by atoms with E-state index in [1.165, 1.54) is 25.3 Å². The molecule has 2 N–H and O–H groups in total. The summed E-state index contributed by atoms with van der Waals surface area (Å²) in [5.41, 5.74) is 0.0495. The van der Waals surface area contributed by atoms with Crippen molar-refractivity contribution in [2.24, 2.45) is 0 Å². The second-order valence-corrected chi connectivity index (χ2v) is 5.57. The highest BCUT2D eigenvalue weighted by atomic mass is 16.6. The number of amides is 2. The van der Waals surface area contributed by atoms with Crippen LogP contribution in [0.2, 0.25) is 0 Å². The van der Waals surface area contributed by atoms with Gasteiger partial charge >= 0.3 is 0 Å². The second-order valence-electron chi connectivity index (χ2n) is 5.57. The van der Waals surface area contributed by atoms with Gasteiger partial charge in [-0.3, -0.25) is 24.6 Å². The molecule has 0 aliphatic heterocycles. The van der Waals surface area contributed by atoms with Crippen molar-refractivity contribution in [3.63, 3.8) is 0 Å². The predicted molar refractivity (Wildman–Crippen MR) is 93.7 cm³/mol. The van der Waals surface area contributed by atoms with Crippen LogP contribution >= 0.6 is 0 Å². The van der Waals surface area contributed by atoms with Gasteiger partial charge in [-0.1, -0.05) is 6.92 Å². The van der Waals surface area contributed by atoms with Gasteiger partial charge in [0.05, 0.1) is 30.3 Å². The Balaban J connectivity index is 2.78. The lowest BCUT2D eigenvalue weighted by Crippen LogP contribution is -2.44. The summed E-state index contributed by atoms with van der Waals surface area (Å²) in [6, 6.07) is 3.33.